The summed E-state index contributed by atoms with van der Waals surface area (Å²) in [5.41, 5.74) is -1.16. The Morgan fingerprint density at radius 1 is 0.818 bits per heavy atom. The summed E-state index contributed by atoms with van der Waals surface area (Å²) in [7, 11) is 1.14. The van der Waals surface area contributed by atoms with Gasteiger partial charge in [-0.3, -0.25) is 19.2 Å². The molecule has 2 aromatic rings. The molecule has 0 bridgehead atoms. The number of nitro groups is 2. The fraction of sp³-hybridized carbons (Fsp3) is 0.481. The van der Waals surface area contributed by atoms with Crippen molar-refractivity contribution in [3.05, 3.63) is 66.9 Å². The van der Waals surface area contributed by atoms with Crippen molar-refractivity contribution >= 4 is 51.4 Å². The second-order valence-corrected chi connectivity index (χ2v) is 11.3. The van der Waals surface area contributed by atoms with Gasteiger partial charge >= 0.3 is 35.5 Å². The van der Waals surface area contributed by atoms with Gasteiger partial charge < -0.3 is 39.2 Å². The van der Waals surface area contributed by atoms with Gasteiger partial charge in [-0.25, -0.2) is 0 Å². The van der Waals surface area contributed by atoms with Crippen LogP contribution in [-0.4, -0.2) is 68.6 Å². The first kappa shape index (κ1) is 39.5. The molecule has 2 rings (SSSR count). The summed E-state index contributed by atoms with van der Waals surface area (Å²) in [6.07, 6.45) is 2.16. The van der Waals surface area contributed by atoms with E-state index in [0.717, 1.165) is 23.8 Å². The molecular formula is C27H35BrN4O12. The van der Waals surface area contributed by atoms with Crippen LogP contribution >= 0.6 is 15.9 Å². The Labute approximate surface area is 261 Å². The summed E-state index contributed by atoms with van der Waals surface area (Å²) in [5.74, 6) is -4.56. The van der Waals surface area contributed by atoms with Gasteiger partial charge in [-0.2, -0.15) is 0 Å². The van der Waals surface area contributed by atoms with Gasteiger partial charge in [0.05, 0.1) is 18.2 Å². The fourth-order valence-corrected chi connectivity index (χ4v) is 2.94. The van der Waals surface area contributed by atoms with E-state index in [2.05, 4.69) is 35.4 Å². The molecule has 1 unspecified atom stereocenters. The van der Waals surface area contributed by atoms with Crippen LogP contribution in [0.2, 0.25) is 0 Å². The molecule has 2 heterocycles. The molecule has 0 spiro atoms. The molecule has 0 aliphatic carbocycles. The first-order valence-corrected chi connectivity index (χ1v) is 13.5. The average Bonchev–Trinajstić information content (AvgIpc) is 2.88. The van der Waals surface area contributed by atoms with E-state index in [4.69, 9.17) is 9.47 Å². The quantitative estimate of drug-likeness (QED) is 0.122. The summed E-state index contributed by atoms with van der Waals surface area (Å²) in [6, 6.07) is 5.29. The van der Waals surface area contributed by atoms with E-state index >= 15 is 0 Å². The lowest BCUT2D eigenvalue weighted by Gasteiger charge is -2.22. The molecule has 0 fully saturated rings. The highest BCUT2D eigenvalue weighted by Crippen LogP contribution is 2.23. The Balaban J connectivity index is 0.000000686. The van der Waals surface area contributed by atoms with Crippen LogP contribution in [0.1, 0.15) is 66.4 Å². The molecule has 17 heteroatoms. The highest BCUT2D eigenvalue weighted by Gasteiger charge is 2.35. The molecule has 44 heavy (non-hydrogen) atoms. The first-order chi connectivity index (χ1) is 20.2. The standard InChI is InChI=1S/C13H16N2O6.C9H16O4.C5H3BrN2O2/c1-13(2,3)21-12(17)10(11(16)20-4)8-5-6-9(14-7-8)15(18)19;1-5-12-7(10)6-8(11)13-9(2,3)4;6-4-1-2-5(7-3-4)8(9)10/h5-7,10H,1-4H3;5-6H2,1-4H3;1-3H. The number of carbonyl (C=O) groups excluding carboxylic acids is 4. The molecule has 16 nitrogen and oxygen atoms in total. The van der Waals surface area contributed by atoms with Crippen molar-refractivity contribution in [1.82, 2.24) is 9.97 Å². The topological polar surface area (TPSA) is 217 Å². The van der Waals surface area contributed by atoms with Crippen LogP contribution in [0.3, 0.4) is 0 Å². The van der Waals surface area contributed by atoms with Crippen LogP contribution in [0.25, 0.3) is 0 Å². The molecule has 0 aliphatic rings. The fourth-order valence-electron chi connectivity index (χ4n) is 2.71. The predicted octanol–water partition coefficient (Wildman–Crippen LogP) is 4.62. The molecule has 1 atom stereocenters. The van der Waals surface area contributed by atoms with Gasteiger partial charge in [0.25, 0.3) is 0 Å². The number of pyridine rings is 2. The lowest BCUT2D eigenvalue weighted by Crippen LogP contribution is -2.32. The predicted molar refractivity (Wildman–Crippen MR) is 157 cm³/mol. The number of esters is 4. The Morgan fingerprint density at radius 2 is 1.32 bits per heavy atom. The van der Waals surface area contributed by atoms with Gasteiger partial charge in [0.2, 0.25) is 0 Å². The van der Waals surface area contributed by atoms with Crippen molar-refractivity contribution < 1.29 is 48.0 Å². The summed E-state index contributed by atoms with van der Waals surface area (Å²) < 4.78 is 20.0. The first-order valence-electron chi connectivity index (χ1n) is 12.7. The van der Waals surface area contributed by atoms with Crippen molar-refractivity contribution in [2.75, 3.05) is 13.7 Å². The van der Waals surface area contributed by atoms with Crippen LogP contribution in [0.15, 0.2) is 41.1 Å². The molecule has 0 aliphatic heterocycles. The largest absolute Gasteiger partial charge is 0.468 e. The highest BCUT2D eigenvalue weighted by atomic mass is 79.9. The van der Waals surface area contributed by atoms with E-state index in [1.165, 1.54) is 18.3 Å². The van der Waals surface area contributed by atoms with Gasteiger partial charge in [-0.1, -0.05) is 0 Å². The van der Waals surface area contributed by atoms with Crippen LogP contribution < -0.4 is 0 Å². The Bertz CT molecular complexity index is 1290. The van der Waals surface area contributed by atoms with Gasteiger partial charge in [-0.05, 0) is 96.3 Å². The highest BCUT2D eigenvalue weighted by molar-refractivity contribution is 9.10. The van der Waals surface area contributed by atoms with E-state index in [9.17, 15) is 39.4 Å². The van der Waals surface area contributed by atoms with E-state index in [1.54, 1.807) is 54.5 Å². The average molecular weight is 687 g/mol. The monoisotopic (exact) mass is 686 g/mol. The van der Waals surface area contributed by atoms with Crippen molar-refractivity contribution in [1.29, 1.82) is 0 Å². The summed E-state index contributed by atoms with van der Waals surface area (Å²) in [4.78, 5) is 72.2. The summed E-state index contributed by atoms with van der Waals surface area (Å²) in [6.45, 7) is 12.2. The molecule has 0 N–H and O–H groups in total. The zero-order valence-corrected chi connectivity index (χ0v) is 27.1. The molecular weight excluding hydrogens is 652 g/mol. The number of carbonyl (C=O) groups is 4. The maximum atomic E-state index is 12.1. The van der Waals surface area contributed by atoms with Crippen LogP contribution in [0, 0.1) is 20.2 Å². The third kappa shape index (κ3) is 16.8. The van der Waals surface area contributed by atoms with Crippen molar-refractivity contribution in [2.45, 2.75) is 72.0 Å². The third-order valence-corrected chi connectivity index (χ3v) is 4.75. The molecule has 0 saturated heterocycles. The normalized spacial score (nSPS) is 11.2. The van der Waals surface area contributed by atoms with Crippen molar-refractivity contribution in [2.24, 2.45) is 0 Å². The number of halogens is 1. The molecule has 0 aromatic carbocycles. The van der Waals surface area contributed by atoms with Crippen molar-refractivity contribution in [3.63, 3.8) is 0 Å². The number of rotatable bonds is 8. The van der Waals surface area contributed by atoms with Gasteiger partial charge in [0, 0.05) is 17.7 Å². The molecule has 242 valence electrons. The van der Waals surface area contributed by atoms with E-state index in [1.807, 2.05) is 0 Å². The number of hydrogen-bond acceptors (Lipinski definition) is 14. The maximum Gasteiger partial charge on any atom is 0.363 e. The minimum absolute atomic E-state index is 0.136. The molecule has 0 amide bonds. The Morgan fingerprint density at radius 3 is 1.68 bits per heavy atom. The van der Waals surface area contributed by atoms with Gasteiger partial charge in [0.15, 0.2) is 12.1 Å². The maximum absolute atomic E-state index is 12.1. The summed E-state index contributed by atoms with van der Waals surface area (Å²) in [5, 5.41) is 20.6. The van der Waals surface area contributed by atoms with Gasteiger partial charge in [-0.15, -0.1) is 0 Å². The Kier molecular flexibility index (Phi) is 16.3. The second-order valence-electron chi connectivity index (χ2n) is 10.4. The van der Waals surface area contributed by atoms with Crippen LogP contribution in [-0.2, 0) is 38.1 Å². The molecule has 2 aromatic heterocycles. The third-order valence-electron chi connectivity index (χ3n) is 4.28. The van der Waals surface area contributed by atoms with Crippen LogP contribution in [0.4, 0.5) is 11.6 Å². The van der Waals surface area contributed by atoms with E-state index < -0.39 is 50.8 Å². The molecule has 0 saturated carbocycles. The SMILES string of the molecule is CCOC(=O)CC(=O)OC(C)(C)C.COC(=O)C(C(=O)OC(C)(C)C)c1ccc([N+](=O)[O-])nc1.O=[N+]([O-])c1ccc(Br)cn1. The van der Waals surface area contributed by atoms with E-state index in [0.29, 0.717) is 0 Å². The molecule has 0 radical (unpaired) electrons. The second kappa shape index (κ2) is 18.2. The number of aromatic nitrogens is 2. The van der Waals surface area contributed by atoms with Crippen molar-refractivity contribution in [3.8, 4) is 0 Å². The lowest BCUT2D eigenvalue weighted by molar-refractivity contribution is -0.389. The summed E-state index contributed by atoms with van der Waals surface area (Å²) >= 11 is 3.11. The number of hydrogen-bond donors (Lipinski definition) is 0. The van der Waals surface area contributed by atoms with E-state index in [-0.39, 0.29) is 30.2 Å². The van der Waals surface area contributed by atoms with Gasteiger partial charge in [0.1, 0.15) is 23.8 Å². The minimum atomic E-state index is -1.33. The van der Waals surface area contributed by atoms with Crippen LogP contribution in [0.5, 0.6) is 0 Å². The minimum Gasteiger partial charge on any atom is -0.468 e. The number of nitrogens with zero attached hydrogens (tertiary/aromatic N) is 4. The number of methoxy groups -OCH3 is 1. The number of ether oxygens (including phenoxy) is 4. The Hall–Kier alpha value is -4.54. The zero-order valence-electron chi connectivity index (χ0n) is 25.5. The zero-order chi connectivity index (χ0) is 34.3. The lowest BCUT2D eigenvalue weighted by atomic mass is 10.0. The smallest absolute Gasteiger partial charge is 0.363 e.